The monoisotopic (exact) mass is 628 g/mol. The summed E-state index contributed by atoms with van der Waals surface area (Å²) in [5, 5.41) is 0. The number of halogens is 2. The van der Waals surface area contributed by atoms with E-state index in [2.05, 4.69) is 143 Å². The fraction of sp³-hybridized carbons (Fsp3) is 0.194. The van der Waals surface area contributed by atoms with Gasteiger partial charge in [-0.25, -0.2) is 0 Å². The molecule has 0 N–H and O–H groups in total. The van der Waals surface area contributed by atoms with Gasteiger partial charge in [-0.05, 0) is 0 Å². The normalized spacial score (nSPS) is 15.2. The number of benzene rings is 4. The van der Waals surface area contributed by atoms with Gasteiger partial charge in [-0.3, -0.25) is 0 Å². The fourth-order valence-electron chi connectivity index (χ4n) is 5.96. The Balaban J connectivity index is 0.00000176. The first-order valence-corrected chi connectivity index (χ1v) is 17.1. The molecule has 2 aliphatic rings. The van der Waals surface area contributed by atoms with Crippen LogP contribution >= 0.6 is 24.8 Å². The van der Waals surface area contributed by atoms with Gasteiger partial charge in [0.2, 0.25) is 0 Å². The Morgan fingerprint density at radius 1 is 0.692 bits per heavy atom. The van der Waals surface area contributed by atoms with Crippen LogP contribution in [0.5, 0.6) is 0 Å². The molecule has 2 aliphatic carbocycles. The van der Waals surface area contributed by atoms with Crippen LogP contribution in [0, 0.1) is 11.3 Å². The zero-order valence-electron chi connectivity index (χ0n) is 23.1. The van der Waals surface area contributed by atoms with E-state index >= 15 is 0 Å². The summed E-state index contributed by atoms with van der Waals surface area (Å²) >= 11 is -2.66. The van der Waals surface area contributed by atoms with Crippen LogP contribution in [0.3, 0.4) is 0 Å². The third-order valence-electron chi connectivity index (χ3n) is 7.88. The standard InChI is InChI=1S/C13H9.C13H10.C10H15.2ClH.Zr/c1-3-7-12-10(5-1)9-11-6-2-4-8-13(11)12;1-3-7-12(8-4-1)11-13-9-5-2-6-10-13;1-8-5-6-9(7-8)10(2,3)4;;;/h1-5,7-8H,9H2;1-10H;6-8H,1-4H3;2*1H;. The van der Waals surface area contributed by atoms with Gasteiger partial charge in [0.15, 0.2) is 0 Å². The van der Waals surface area contributed by atoms with Gasteiger partial charge >= 0.3 is 231 Å². The second-order valence-corrected chi connectivity index (χ2v) is 17.2. The topological polar surface area (TPSA) is 0 Å². The molecule has 0 saturated heterocycles. The molecule has 0 bridgehead atoms. The molecule has 4 aromatic rings. The predicted molar refractivity (Wildman–Crippen MR) is 170 cm³/mol. The third-order valence-corrected chi connectivity index (χ3v) is 15.9. The van der Waals surface area contributed by atoms with Crippen LogP contribution in [-0.4, -0.2) is 3.21 Å². The van der Waals surface area contributed by atoms with E-state index in [0.717, 1.165) is 6.42 Å². The minimum Gasteiger partial charge on any atom is -0.147 e. The Hall–Kier alpha value is -2.31. The molecule has 0 amide bonds. The fourth-order valence-corrected chi connectivity index (χ4v) is 14.3. The van der Waals surface area contributed by atoms with Gasteiger partial charge < -0.3 is 0 Å². The van der Waals surface area contributed by atoms with Crippen molar-refractivity contribution in [3.8, 4) is 11.1 Å². The van der Waals surface area contributed by atoms with E-state index in [1.54, 1.807) is 15.3 Å². The summed E-state index contributed by atoms with van der Waals surface area (Å²) in [6, 6.07) is 38.6. The van der Waals surface area contributed by atoms with Crippen molar-refractivity contribution in [3.05, 3.63) is 146 Å². The van der Waals surface area contributed by atoms with Crippen molar-refractivity contribution < 1.29 is 21.3 Å². The molecule has 0 saturated carbocycles. The number of hydrogen-bond donors (Lipinski definition) is 0. The Morgan fingerprint density at radius 2 is 1.26 bits per heavy atom. The second-order valence-electron chi connectivity index (χ2n) is 11.4. The third kappa shape index (κ3) is 5.65. The first-order chi connectivity index (χ1) is 17.9. The first kappa shape index (κ1) is 29.7. The Morgan fingerprint density at radius 3 is 1.85 bits per heavy atom. The minimum absolute atomic E-state index is 0. The molecule has 6 rings (SSSR count). The van der Waals surface area contributed by atoms with Gasteiger partial charge in [0.25, 0.3) is 0 Å². The molecule has 0 heterocycles. The predicted octanol–water partition coefficient (Wildman–Crippen LogP) is 9.12. The van der Waals surface area contributed by atoms with Gasteiger partial charge in [0.05, 0.1) is 0 Å². The molecular formula is C36H36Cl2Zr. The van der Waals surface area contributed by atoms with Crippen LogP contribution in [0.4, 0.5) is 0 Å². The maximum absolute atomic E-state index is 2.66. The van der Waals surface area contributed by atoms with E-state index in [1.807, 2.05) is 0 Å². The first-order valence-electron chi connectivity index (χ1n) is 13.4. The summed E-state index contributed by atoms with van der Waals surface area (Å²) in [6.07, 6.45) is 6.19. The number of hydrogen-bond acceptors (Lipinski definition) is 0. The van der Waals surface area contributed by atoms with Crippen molar-refractivity contribution in [1.29, 1.82) is 0 Å². The molecule has 0 fully saturated rings. The molecular weight excluding hydrogens is 595 g/mol. The zero-order chi connectivity index (χ0) is 25.6. The van der Waals surface area contributed by atoms with E-state index in [1.165, 1.54) is 33.4 Å². The molecule has 0 aliphatic heterocycles. The smallest absolute Gasteiger partial charge is 0.147 e. The minimum atomic E-state index is -2.66. The summed E-state index contributed by atoms with van der Waals surface area (Å²) in [4.78, 5) is 0. The number of allylic oxidation sites excluding steroid dienone is 4. The van der Waals surface area contributed by atoms with E-state index < -0.39 is 21.3 Å². The van der Waals surface area contributed by atoms with Crippen molar-refractivity contribution in [2.45, 2.75) is 34.1 Å². The number of fused-ring (bicyclic) bond motifs is 3. The van der Waals surface area contributed by atoms with Crippen molar-refractivity contribution >= 4 is 31.3 Å². The summed E-state index contributed by atoms with van der Waals surface area (Å²) < 4.78 is 4.93. The van der Waals surface area contributed by atoms with E-state index in [0.29, 0.717) is 5.92 Å². The Labute approximate surface area is 253 Å². The molecule has 4 aromatic carbocycles. The molecule has 1 unspecified atom stereocenters. The largest absolute Gasteiger partial charge is 0.147 e. The van der Waals surface area contributed by atoms with Crippen LogP contribution in [0.15, 0.2) is 124 Å². The summed E-state index contributed by atoms with van der Waals surface area (Å²) in [7, 11) is 0. The van der Waals surface area contributed by atoms with E-state index in [4.69, 9.17) is 0 Å². The quantitative estimate of drug-likeness (QED) is 0.186. The van der Waals surface area contributed by atoms with Gasteiger partial charge in [-0.15, -0.1) is 24.8 Å². The Kier molecular flexibility index (Phi) is 9.17. The van der Waals surface area contributed by atoms with Crippen LogP contribution in [0.2, 0.25) is 0 Å². The van der Waals surface area contributed by atoms with Crippen LogP contribution < -0.4 is 3.27 Å². The molecule has 0 aromatic heterocycles. The summed E-state index contributed by atoms with van der Waals surface area (Å²) in [6.45, 7) is 9.48. The van der Waals surface area contributed by atoms with Crippen LogP contribution in [0.1, 0.15) is 49.9 Å². The molecule has 3 heteroatoms. The molecule has 0 radical (unpaired) electrons. The zero-order valence-corrected chi connectivity index (χ0v) is 27.2. The van der Waals surface area contributed by atoms with Gasteiger partial charge in [-0.2, -0.15) is 0 Å². The summed E-state index contributed by atoms with van der Waals surface area (Å²) in [5.74, 6) is 0.464. The van der Waals surface area contributed by atoms with Gasteiger partial charge in [-0.1, -0.05) is 0 Å². The molecule has 0 spiro atoms. The van der Waals surface area contributed by atoms with Crippen molar-refractivity contribution in [2.24, 2.45) is 11.3 Å². The Bertz CT molecular complexity index is 1530. The van der Waals surface area contributed by atoms with E-state index in [9.17, 15) is 0 Å². The SMILES string of the molecule is CC1C=C(C(C)(C)C)C=[C]1[Zr](=[C](c1ccccc1)c1ccccc1)[c]1cccc2c1Cc1ccccc1-2.Cl.Cl. The molecule has 1 atom stereocenters. The maximum Gasteiger partial charge on any atom is -0.147 e. The van der Waals surface area contributed by atoms with Crippen molar-refractivity contribution in [3.63, 3.8) is 0 Å². The molecule has 0 nitrogen and oxygen atoms in total. The van der Waals surface area contributed by atoms with Crippen LogP contribution in [0.25, 0.3) is 11.1 Å². The summed E-state index contributed by atoms with van der Waals surface area (Å²) in [5.41, 5.74) is 10.3. The second kappa shape index (κ2) is 12.1. The van der Waals surface area contributed by atoms with Gasteiger partial charge in [0, 0.05) is 0 Å². The van der Waals surface area contributed by atoms with Crippen molar-refractivity contribution in [2.75, 3.05) is 0 Å². The number of rotatable bonds is 4. The van der Waals surface area contributed by atoms with Crippen LogP contribution in [-0.2, 0) is 27.7 Å². The maximum atomic E-state index is 2.60. The van der Waals surface area contributed by atoms with E-state index in [-0.39, 0.29) is 30.2 Å². The molecule has 39 heavy (non-hydrogen) atoms. The average Bonchev–Trinajstić information content (AvgIpc) is 3.49. The molecule has 198 valence electrons. The average molecular weight is 631 g/mol. The van der Waals surface area contributed by atoms with Gasteiger partial charge in [0.1, 0.15) is 0 Å². The van der Waals surface area contributed by atoms with Crippen molar-refractivity contribution in [1.82, 2.24) is 0 Å².